The molecule has 2 unspecified atom stereocenters. The van der Waals surface area contributed by atoms with Gasteiger partial charge in [-0.3, -0.25) is 4.79 Å². The number of halogens is 1. The van der Waals surface area contributed by atoms with Gasteiger partial charge in [-0.25, -0.2) is 0 Å². The standard InChI is InChI=1S/C13H13ClO/c14-12-3-1-2-8(7-12)13(15)11-5-9-4-10(9)6-11/h1-3,7,9-11H,4-6H2. The van der Waals surface area contributed by atoms with Crippen molar-refractivity contribution in [3.05, 3.63) is 34.9 Å². The highest BCUT2D eigenvalue weighted by Gasteiger charge is 2.47. The first-order valence-electron chi connectivity index (χ1n) is 5.54. The highest BCUT2D eigenvalue weighted by molar-refractivity contribution is 6.31. The zero-order chi connectivity index (χ0) is 10.4. The molecule has 2 heteroatoms. The second kappa shape index (κ2) is 3.34. The summed E-state index contributed by atoms with van der Waals surface area (Å²) < 4.78 is 0. The van der Waals surface area contributed by atoms with Gasteiger partial charge in [-0.1, -0.05) is 23.7 Å². The number of Topliss-reactive ketones (excluding diaryl/α,β-unsaturated/α-hetero) is 1. The van der Waals surface area contributed by atoms with E-state index in [1.165, 1.54) is 6.42 Å². The van der Waals surface area contributed by atoms with Gasteiger partial charge in [-0.15, -0.1) is 0 Å². The third kappa shape index (κ3) is 1.69. The van der Waals surface area contributed by atoms with Gasteiger partial charge in [0, 0.05) is 16.5 Å². The lowest BCUT2D eigenvalue weighted by Crippen LogP contribution is -2.12. The van der Waals surface area contributed by atoms with Gasteiger partial charge >= 0.3 is 0 Å². The highest BCUT2D eigenvalue weighted by Crippen LogP contribution is 2.54. The third-order valence-electron chi connectivity index (χ3n) is 3.72. The maximum Gasteiger partial charge on any atom is 0.166 e. The maximum absolute atomic E-state index is 12.1. The van der Waals surface area contributed by atoms with Crippen LogP contribution in [0.4, 0.5) is 0 Å². The Morgan fingerprint density at radius 1 is 1.20 bits per heavy atom. The third-order valence-corrected chi connectivity index (χ3v) is 3.96. The van der Waals surface area contributed by atoms with Crippen molar-refractivity contribution in [2.45, 2.75) is 19.3 Å². The monoisotopic (exact) mass is 220 g/mol. The van der Waals surface area contributed by atoms with Crippen molar-refractivity contribution >= 4 is 17.4 Å². The van der Waals surface area contributed by atoms with Crippen molar-refractivity contribution in [3.63, 3.8) is 0 Å². The summed E-state index contributed by atoms with van der Waals surface area (Å²) in [5.41, 5.74) is 0.786. The van der Waals surface area contributed by atoms with Crippen LogP contribution in [0, 0.1) is 17.8 Å². The van der Waals surface area contributed by atoms with Gasteiger partial charge in [-0.05, 0) is 43.2 Å². The molecule has 2 aliphatic carbocycles. The van der Waals surface area contributed by atoms with Crippen molar-refractivity contribution < 1.29 is 4.79 Å². The van der Waals surface area contributed by atoms with Gasteiger partial charge in [0.1, 0.15) is 0 Å². The maximum atomic E-state index is 12.1. The molecule has 2 aliphatic rings. The molecule has 1 aromatic carbocycles. The molecule has 0 heterocycles. The summed E-state index contributed by atoms with van der Waals surface area (Å²) >= 11 is 5.88. The summed E-state index contributed by atoms with van der Waals surface area (Å²) in [6.45, 7) is 0. The van der Waals surface area contributed by atoms with Crippen molar-refractivity contribution in [2.24, 2.45) is 17.8 Å². The molecule has 78 valence electrons. The number of hydrogen-bond donors (Lipinski definition) is 0. The topological polar surface area (TPSA) is 17.1 Å². The Labute approximate surface area is 94.4 Å². The van der Waals surface area contributed by atoms with Gasteiger partial charge in [0.25, 0.3) is 0 Å². The number of hydrogen-bond acceptors (Lipinski definition) is 1. The van der Waals surface area contributed by atoms with E-state index in [0.717, 1.165) is 30.2 Å². The van der Waals surface area contributed by atoms with Gasteiger partial charge in [0.2, 0.25) is 0 Å². The molecular weight excluding hydrogens is 208 g/mol. The van der Waals surface area contributed by atoms with Gasteiger partial charge in [-0.2, -0.15) is 0 Å². The first-order valence-corrected chi connectivity index (χ1v) is 5.91. The van der Waals surface area contributed by atoms with Crippen LogP contribution in [0.1, 0.15) is 29.6 Å². The zero-order valence-electron chi connectivity index (χ0n) is 8.45. The Kier molecular flexibility index (Phi) is 2.10. The van der Waals surface area contributed by atoms with Crippen molar-refractivity contribution in [1.29, 1.82) is 0 Å². The van der Waals surface area contributed by atoms with E-state index < -0.39 is 0 Å². The molecule has 0 saturated heterocycles. The Bertz CT molecular complexity index is 403. The van der Waals surface area contributed by atoms with E-state index in [4.69, 9.17) is 11.6 Å². The minimum Gasteiger partial charge on any atom is -0.294 e. The Balaban J connectivity index is 1.79. The van der Waals surface area contributed by atoms with Crippen molar-refractivity contribution in [2.75, 3.05) is 0 Å². The van der Waals surface area contributed by atoms with Crippen LogP contribution in [0.15, 0.2) is 24.3 Å². The number of fused-ring (bicyclic) bond motifs is 1. The van der Waals surface area contributed by atoms with Gasteiger partial charge in [0.15, 0.2) is 5.78 Å². The van der Waals surface area contributed by atoms with Gasteiger partial charge < -0.3 is 0 Å². The van der Waals surface area contributed by atoms with Crippen LogP contribution in [-0.4, -0.2) is 5.78 Å². The molecule has 0 aliphatic heterocycles. The lowest BCUT2D eigenvalue weighted by atomic mass is 9.93. The molecule has 15 heavy (non-hydrogen) atoms. The first kappa shape index (κ1) is 9.41. The van der Waals surface area contributed by atoms with Gasteiger partial charge in [0.05, 0.1) is 0 Å². The van der Waals surface area contributed by atoms with E-state index in [9.17, 15) is 4.79 Å². The van der Waals surface area contributed by atoms with E-state index in [1.54, 1.807) is 6.07 Å². The number of carbonyl (C=O) groups excluding carboxylic acids is 1. The Hall–Kier alpha value is -0.820. The van der Waals surface area contributed by atoms with E-state index in [0.29, 0.717) is 10.8 Å². The highest BCUT2D eigenvalue weighted by atomic mass is 35.5. The number of carbonyl (C=O) groups is 1. The SMILES string of the molecule is O=C(c1cccc(Cl)c1)C1CC2CC2C1. The molecule has 0 bridgehead atoms. The largest absolute Gasteiger partial charge is 0.294 e. The molecule has 3 rings (SSSR count). The van der Waals surface area contributed by atoms with Crippen LogP contribution in [0.5, 0.6) is 0 Å². The van der Waals surface area contributed by atoms with Crippen LogP contribution in [0.2, 0.25) is 5.02 Å². The van der Waals surface area contributed by atoms with Crippen LogP contribution in [0.25, 0.3) is 0 Å². The van der Waals surface area contributed by atoms with Crippen LogP contribution in [0.3, 0.4) is 0 Å². The predicted octanol–water partition coefficient (Wildman–Crippen LogP) is 3.57. The zero-order valence-corrected chi connectivity index (χ0v) is 9.20. The molecule has 0 spiro atoms. The number of rotatable bonds is 2. The normalized spacial score (nSPS) is 32.5. The first-order chi connectivity index (χ1) is 7.24. The molecule has 0 N–H and O–H groups in total. The minimum atomic E-state index is 0.271. The summed E-state index contributed by atoms with van der Waals surface area (Å²) in [7, 11) is 0. The summed E-state index contributed by atoms with van der Waals surface area (Å²) in [6, 6.07) is 7.32. The Morgan fingerprint density at radius 3 is 2.60 bits per heavy atom. The van der Waals surface area contributed by atoms with Crippen LogP contribution in [-0.2, 0) is 0 Å². The minimum absolute atomic E-state index is 0.271. The molecule has 1 aromatic rings. The van der Waals surface area contributed by atoms with E-state index >= 15 is 0 Å². The van der Waals surface area contributed by atoms with Crippen LogP contribution < -0.4 is 0 Å². The average molecular weight is 221 g/mol. The molecule has 0 aromatic heterocycles. The lowest BCUT2D eigenvalue weighted by molar-refractivity contribution is 0.0914. The van der Waals surface area contributed by atoms with E-state index in [2.05, 4.69) is 0 Å². The fourth-order valence-corrected chi connectivity index (χ4v) is 3.00. The average Bonchev–Trinajstić information content (AvgIpc) is 2.85. The molecule has 0 radical (unpaired) electrons. The molecular formula is C13H13ClO. The second-order valence-corrected chi connectivity index (χ2v) is 5.24. The fraction of sp³-hybridized carbons (Fsp3) is 0.462. The Morgan fingerprint density at radius 2 is 1.93 bits per heavy atom. The van der Waals surface area contributed by atoms with Crippen LogP contribution >= 0.6 is 11.6 Å². The molecule has 2 saturated carbocycles. The number of ketones is 1. The van der Waals surface area contributed by atoms with E-state index in [-0.39, 0.29) is 5.92 Å². The predicted molar refractivity (Wildman–Crippen MR) is 60.1 cm³/mol. The van der Waals surface area contributed by atoms with Crippen molar-refractivity contribution in [1.82, 2.24) is 0 Å². The summed E-state index contributed by atoms with van der Waals surface area (Å²) in [5, 5.41) is 0.656. The molecule has 2 atom stereocenters. The lowest BCUT2D eigenvalue weighted by Gasteiger charge is -2.10. The molecule has 1 nitrogen and oxygen atoms in total. The van der Waals surface area contributed by atoms with Crippen molar-refractivity contribution in [3.8, 4) is 0 Å². The second-order valence-electron chi connectivity index (χ2n) is 4.80. The summed E-state index contributed by atoms with van der Waals surface area (Å²) in [6.07, 6.45) is 3.57. The molecule has 0 amide bonds. The number of benzene rings is 1. The van der Waals surface area contributed by atoms with E-state index in [1.807, 2.05) is 18.2 Å². The quantitative estimate of drug-likeness (QED) is 0.697. The fourth-order valence-electron chi connectivity index (χ4n) is 2.81. The smallest absolute Gasteiger partial charge is 0.166 e. The molecule has 2 fully saturated rings. The summed E-state index contributed by atoms with van der Waals surface area (Å²) in [4.78, 5) is 12.1. The summed E-state index contributed by atoms with van der Waals surface area (Å²) in [5.74, 6) is 2.29.